The Morgan fingerprint density at radius 2 is 2.05 bits per heavy atom. The second-order valence-electron chi connectivity index (χ2n) is 4.99. The molecule has 0 spiro atoms. The van der Waals surface area contributed by atoms with E-state index in [1.807, 2.05) is 37.3 Å². The molecule has 4 nitrogen and oxygen atoms in total. The lowest BCUT2D eigenvalue weighted by Gasteiger charge is -2.15. The van der Waals surface area contributed by atoms with Crippen LogP contribution in [0.15, 0.2) is 36.4 Å². The highest BCUT2D eigenvalue weighted by molar-refractivity contribution is 5.96. The molecule has 0 aliphatic carbocycles. The largest absolute Gasteiger partial charge is 0.488 e. The van der Waals surface area contributed by atoms with Gasteiger partial charge in [0.15, 0.2) is 0 Å². The van der Waals surface area contributed by atoms with Crippen molar-refractivity contribution in [1.29, 1.82) is 0 Å². The predicted molar refractivity (Wildman–Crippen MR) is 74.5 cm³/mol. The standard InChI is InChI=1S/C16H15NO3/c1-9-6-12-14(18)11-5-3-2-4-10(11)8-20-15(12)13(7-9)16(17)19/h2-7,14,18H,8H2,1H3,(H2,17,19). The Morgan fingerprint density at radius 3 is 2.80 bits per heavy atom. The maximum Gasteiger partial charge on any atom is 0.252 e. The van der Waals surface area contributed by atoms with Crippen LogP contribution in [0.2, 0.25) is 0 Å². The van der Waals surface area contributed by atoms with E-state index in [0.717, 1.165) is 16.7 Å². The molecule has 0 saturated carbocycles. The number of primary amides is 1. The molecule has 0 saturated heterocycles. The molecule has 3 rings (SSSR count). The van der Waals surface area contributed by atoms with E-state index in [4.69, 9.17) is 10.5 Å². The number of carbonyl (C=O) groups is 1. The van der Waals surface area contributed by atoms with Gasteiger partial charge in [0, 0.05) is 5.56 Å². The van der Waals surface area contributed by atoms with Gasteiger partial charge in [-0.3, -0.25) is 4.79 Å². The van der Waals surface area contributed by atoms with Gasteiger partial charge in [0.25, 0.3) is 5.91 Å². The SMILES string of the molecule is Cc1cc(C(N)=O)c2c(c1)C(O)c1ccccc1CO2. The number of benzene rings is 2. The molecule has 4 heteroatoms. The minimum absolute atomic E-state index is 0.309. The number of fused-ring (bicyclic) bond motifs is 2. The van der Waals surface area contributed by atoms with Gasteiger partial charge in [-0.1, -0.05) is 24.3 Å². The highest BCUT2D eigenvalue weighted by Gasteiger charge is 2.26. The summed E-state index contributed by atoms with van der Waals surface area (Å²) in [6, 6.07) is 11.0. The van der Waals surface area contributed by atoms with Crippen molar-refractivity contribution in [3.05, 3.63) is 64.2 Å². The molecule has 1 aliphatic rings. The van der Waals surface area contributed by atoms with Crippen molar-refractivity contribution in [2.24, 2.45) is 5.73 Å². The van der Waals surface area contributed by atoms with Crippen LogP contribution in [0.1, 0.15) is 38.7 Å². The van der Waals surface area contributed by atoms with E-state index in [1.165, 1.54) is 0 Å². The number of nitrogens with two attached hydrogens (primary N) is 1. The fraction of sp³-hybridized carbons (Fsp3) is 0.188. The van der Waals surface area contributed by atoms with Gasteiger partial charge in [-0.25, -0.2) is 0 Å². The van der Waals surface area contributed by atoms with E-state index in [1.54, 1.807) is 6.07 Å². The number of aliphatic hydroxyl groups is 1. The first-order chi connectivity index (χ1) is 9.58. The van der Waals surface area contributed by atoms with Crippen molar-refractivity contribution in [2.45, 2.75) is 19.6 Å². The lowest BCUT2D eigenvalue weighted by Crippen LogP contribution is -2.14. The zero-order chi connectivity index (χ0) is 14.3. The van der Waals surface area contributed by atoms with Crippen molar-refractivity contribution in [3.63, 3.8) is 0 Å². The molecule has 1 heterocycles. The van der Waals surface area contributed by atoms with Crippen LogP contribution in [0.4, 0.5) is 0 Å². The van der Waals surface area contributed by atoms with Crippen LogP contribution >= 0.6 is 0 Å². The number of aryl methyl sites for hydroxylation is 1. The number of ether oxygens (including phenoxy) is 1. The van der Waals surface area contributed by atoms with Crippen LogP contribution < -0.4 is 10.5 Å². The van der Waals surface area contributed by atoms with Crippen LogP contribution in [0.5, 0.6) is 5.75 Å². The predicted octanol–water partition coefficient (Wildman–Crippen LogP) is 2.07. The monoisotopic (exact) mass is 269 g/mol. The van der Waals surface area contributed by atoms with Crippen molar-refractivity contribution in [3.8, 4) is 5.75 Å². The fourth-order valence-corrected chi connectivity index (χ4v) is 2.60. The molecule has 0 aromatic heterocycles. The summed E-state index contributed by atoms with van der Waals surface area (Å²) in [5, 5.41) is 10.6. The average molecular weight is 269 g/mol. The molecule has 102 valence electrons. The molecule has 1 unspecified atom stereocenters. The molecule has 0 bridgehead atoms. The van der Waals surface area contributed by atoms with Crippen LogP contribution in [0.3, 0.4) is 0 Å². The lowest BCUT2D eigenvalue weighted by atomic mass is 9.94. The molecule has 0 fully saturated rings. The number of rotatable bonds is 1. The summed E-state index contributed by atoms with van der Waals surface area (Å²) in [5.41, 5.74) is 8.87. The van der Waals surface area contributed by atoms with Gasteiger partial charge in [-0.15, -0.1) is 0 Å². The molecule has 0 radical (unpaired) electrons. The third-order valence-corrected chi connectivity index (χ3v) is 3.54. The normalized spacial score (nSPS) is 16.6. The maximum absolute atomic E-state index is 11.6. The van der Waals surface area contributed by atoms with Crippen LogP contribution in [0, 0.1) is 6.92 Å². The highest BCUT2D eigenvalue weighted by Crippen LogP contribution is 2.38. The van der Waals surface area contributed by atoms with Gasteiger partial charge in [0.1, 0.15) is 18.5 Å². The summed E-state index contributed by atoms with van der Waals surface area (Å²) in [7, 11) is 0. The second-order valence-corrected chi connectivity index (χ2v) is 4.99. The zero-order valence-electron chi connectivity index (χ0n) is 11.1. The number of hydrogen-bond acceptors (Lipinski definition) is 3. The van der Waals surface area contributed by atoms with Crippen LogP contribution in [0.25, 0.3) is 0 Å². The third-order valence-electron chi connectivity index (χ3n) is 3.54. The molecular formula is C16H15NO3. The topological polar surface area (TPSA) is 72.6 Å². The third kappa shape index (κ3) is 1.94. The molecule has 3 N–H and O–H groups in total. The van der Waals surface area contributed by atoms with E-state index < -0.39 is 12.0 Å². The Kier molecular flexibility index (Phi) is 2.95. The quantitative estimate of drug-likeness (QED) is 0.832. The van der Waals surface area contributed by atoms with Gasteiger partial charge >= 0.3 is 0 Å². The summed E-state index contributed by atoms with van der Waals surface area (Å²) < 4.78 is 5.73. The average Bonchev–Trinajstić information content (AvgIpc) is 2.57. The molecule has 1 atom stereocenters. The highest BCUT2D eigenvalue weighted by atomic mass is 16.5. The molecule has 20 heavy (non-hydrogen) atoms. The smallest absolute Gasteiger partial charge is 0.252 e. The van der Waals surface area contributed by atoms with E-state index in [-0.39, 0.29) is 0 Å². The Labute approximate surface area is 116 Å². The van der Waals surface area contributed by atoms with E-state index >= 15 is 0 Å². The Balaban J connectivity index is 2.24. The summed E-state index contributed by atoms with van der Waals surface area (Å²) in [4.78, 5) is 11.6. The van der Waals surface area contributed by atoms with Crippen molar-refractivity contribution >= 4 is 5.91 Å². The molecule has 2 aromatic carbocycles. The summed E-state index contributed by atoms with van der Waals surface area (Å²) in [6.07, 6.45) is -0.818. The van der Waals surface area contributed by atoms with Gasteiger partial charge in [0.05, 0.1) is 5.56 Å². The van der Waals surface area contributed by atoms with E-state index in [2.05, 4.69) is 0 Å². The number of aliphatic hydroxyl groups excluding tert-OH is 1. The Bertz CT molecular complexity index is 694. The van der Waals surface area contributed by atoms with Gasteiger partial charge in [-0.2, -0.15) is 0 Å². The number of amides is 1. The second kappa shape index (κ2) is 4.65. The zero-order valence-corrected chi connectivity index (χ0v) is 11.1. The fourth-order valence-electron chi connectivity index (χ4n) is 2.60. The summed E-state index contributed by atoms with van der Waals surface area (Å²) in [5.74, 6) is -0.171. The number of hydrogen-bond donors (Lipinski definition) is 2. The molecule has 1 amide bonds. The van der Waals surface area contributed by atoms with Crippen LogP contribution in [-0.2, 0) is 6.61 Å². The molecular weight excluding hydrogens is 254 g/mol. The maximum atomic E-state index is 11.6. The van der Waals surface area contributed by atoms with Gasteiger partial charge in [0.2, 0.25) is 0 Å². The first kappa shape index (κ1) is 12.7. The van der Waals surface area contributed by atoms with Crippen molar-refractivity contribution < 1.29 is 14.6 Å². The molecule has 2 aromatic rings. The van der Waals surface area contributed by atoms with E-state index in [0.29, 0.717) is 23.5 Å². The summed E-state index contributed by atoms with van der Waals surface area (Å²) in [6.45, 7) is 2.17. The van der Waals surface area contributed by atoms with Crippen LogP contribution in [-0.4, -0.2) is 11.0 Å². The minimum atomic E-state index is -0.818. The van der Waals surface area contributed by atoms with Gasteiger partial charge < -0.3 is 15.6 Å². The minimum Gasteiger partial charge on any atom is -0.488 e. The van der Waals surface area contributed by atoms with E-state index in [9.17, 15) is 9.90 Å². The van der Waals surface area contributed by atoms with Crippen molar-refractivity contribution in [2.75, 3.05) is 0 Å². The first-order valence-electron chi connectivity index (χ1n) is 6.41. The number of carbonyl (C=O) groups excluding carboxylic acids is 1. The van der Waals surface area contributed by atoms with Gasteiger partial charge in [-0.05, 0) is 35.7 Å². The molecule has 1 aliphatic heterocycles. The Hall–Kier alpha value is -2.33. The first-order valence-corrected chi connectivity index (χ1v) is 6.41. The Morgan fingerprint density at radius 1 is 1.30 bits per heavy atom. The lowest BCUT2D eigenvalue weighted by molar-refractivity contribution is 0.0995. The van der Waals surface area contributed by atoms with Crippen molar-refractivity contribution in [1.82, 2.24) is 0 Å². The summed E-state index contributed by atoms with van der Waals surface area (Å²) >= 11 is 0.